The molecule has 0 saturated heterocycles. The van der Waals surface area contributed by atoms with Crippen molar-refractivity contribution >= 4 is 0 Å². The van der Waals surface area contributed by atoms with E-state index in [9.17, 15) is 0 Å². The van der Waals surface area contributed by atoms with E-state index < -0.39 is 0 Å². The lowest BCUT2D eigenvalue weighted by atomic mass is 10.1. The Bertz CT molecular complexity index is 306. The summed E-state index contributed by atoms with van der Waals surface area (Å²) in [7, 11) is 0. The molecule has 1 aliphatic carbocycles. The molecule has 2 heteroatoms. The first-order valence-electron chi connectivity index (χ1n) is 5.74. The third-order valence-corrected chi connectivity index (χ3v) is 3.22. The fourth-order valence-electron chi connectivity index (χ4n) is 2.53. The van der Waals surface area contributed by atoms with Gasteiger partial charge in [0.05, 0.1) is 0 Å². The lowest BCUT2D eigenvalue weighted by Crippen LogP contribution is -2.11. The van der Waals surface area contributed by atoms with Gasteiger partial charge in [0.25, 0.3) is 0 Å². The van der Waals surface area contributed by atoms with Crippen LogP contribution < -0.4 is 0 Å². The van der Waals surface area contributed by atoms with Gasteiger partial charge in [0.2, 0.25) is 0 Å². The van der Waals surface area contributed by atoms with Gasteiger partial charge in [-0.25, -0.2) is 4.98 Å². The number of hydrogen-bond acceptors (Lipinski definition) is 1. The summed E-state index contributed by atoms with van der Waals surface area (Å²) in [6.07, 6.45) is 7.49. The van der Waals surface area contributed by atoms with E-state index in [1.807, 2.05) is 6.20 Å². The van der Waals surface area contributed by atoms with Crippen molar-refractivity contribution < 1.29 is 0 Å². The molecule has 78 valence electrons. The van der Waals surface area contributed by atoms with Crippen molar-refractivity contribution in [2.24, 2.45) is 0 Å². The molecule has 1 fully saturated rings. The highest BCUT2D eigenvalue weighted by Gasteiger charge is 2.22. The molecule has 2 nitrogen and oxygen atoms in total. The Balaban J connectivity index is 2.33. The van der Waals surface area contributed by atoms with Crippen LogP contribution >= 0.6 is 0 Å². The number of rotatable bonds is 2. The normalized spacial score (nSPS) is 18.3. The average Bonchev–Trinajstić information content (AvgIpc) is 2.71. The van der Waals surface area contributed by atoms with Crippen LogP contribution in [0.2, 0.25) is 0 Å². The maximum atomic E-state index is 4.52. The van der Waals surface area contributed by atoms with E-state index in [4.69, 9.17) is 0 Å². The van der Waals surface area contributed by atoms with E-state index in [-0.39, 0.29) is 0 Å². The molecule has 1 aromatic heterocycles. The van der Waals surface area contributed by atoms with Crippen LogP contribution in [0.3, 0.4) is 0 Å². The lowest BCUT2D eigenvalue weighted by Gasteiger charge is -2.18. The minimum absolute atomic E-state index is 0.546. The maximum Gasteiger partial charge on any atom is 0.111 e. The quantitative estimate of drug-likeness (QED) is 0.702. The Kier molecular flexibility index (Phi) is 2.62. The van der Waals surface area contributed by atoms with E-state index in [1.54, 1.807) is 0 Å². The molecule has 1 heterocycles. The summed E-state index contributed by atoms with van der Waals surface area (Å²) in [6.45, 7) is 6.64. The summed E-state index contributed by atoms with van der Waals surface area (Å²) in [6, 6.07) is 0.731. The molecule has 1 aliphatic rings. The topological polar surface area (TPSA) is 17.8 Å². The third kappa shape index (κ3) is 1.58. The predicted octanol–water partition coefficient (Wildman–Crippen LogP) is 3.43. The van der Waals surface area contributed by atoms with Crippen LogP contribution in [0.15, 0.2) is 6.20 Å². The number of aryl methyl sites for hydroxylation is 1. The highest BCUT2D eigenvalue weighted by molar-refractivity contribution is 5.09. The fraction of sp³-hybridized carbons (Fsp3) is 0.750. The summed E-state index contributed by atoms with van der Waals surface area (Å²) in [5.74, 6) is 1.82. The average molecular weight is 192 g/mol. The first-order valence-corrected chi connectivity index (χ1v) is 5.74. The monoisotopic (exact) mass is 192 g/mol. The van der Waals surface area contributed by atoms with E-state index in [0.717, 1.165) is 6.04 Å². The van der Waals surface area contributed by atoms with Gasteiger partial charge in [-0.15, -0.1) is 0 Å². The van der Waals surface area contributed by atoms with Crippen molar-refractivity contribution in [2.45, 2.75) is 58.4 Å². The Morgan fingerprint density at radius 1 is 1.36 bits per heavy atom. The first kappa shape index (κ1) is 9.75. The second kappa shape index (κ2) is 3.76. The summed E-state index contributed by atoms with van der Waals surface area (Å²) < 4.78 is 2.47. The standard InChI is InChI=1S/C12H20N2/c1-9(2)12-13-8-10(3)14(12)11-6-4-5-7-11/h8-9,11H,4-7H2,1-3H3. The zero-order valence-corrected chi connectivity index (χ0v) is 9.45. The van der Waals surface area contributed by atoms with Crippen LogP contribution in [-0.2, 0) is 0 Å². The summed E-state index contributed by atoms with van der Waals surface area (Å²) in [4.78, 5) is 4.52. The number of hydrogen-bond donors (Lipinski definition) is 0. The van der Waals surface area contributed by atoms with Gasteiger partial charge in [-0.1, -0.05) is 26.7 Å². The third-order valence-electron chi connectivity index (χ3n) is 3.22. The molecule has 0 radical (unpaired) electrons. The minimum Gasteiger partial charge on any atom is -0.329 e. The molecule has 0 atom stereocenters. The molecule has 1 saturated carbocycles. The highest BCUT2D eigenvalue weighted by atomic mass is 15.1. The Morgan fingerprint density at radius 2 is 2.00 bits per heavy atom. The lowest BCUT2D eigenvalue weighted by molar-refractivity contribution is 0.477. The molecule has 0 N–H and O–H groups in total. The van der Waals surface area contributed by atoms with Crippen LogP contribution in [0, 0.1) is 6.92 Å². The highest BCUT2D eigenvalue weighted by Crippen LogP contribution is 2.33. The number of imidazole rings is 1. The van der Waals surface area contributed by atoms with Crippen molar-refractivity contribution in [3.05, 3.63) is 17.7 Å². The summed E-state index contributed by atoms with van der Waals surface area (Å²) >= 11 is 0. The van der Waals surface area contributed by atoms with E-state index in [2.05, 4.69) is 30.3 Å². The smallest absolute Gasteiger partial charge is 0.111 e. The molecule has 0 unspecified atom stereocenters. The first-order chi connectivity index (χ1) is 6.70. The molecule has 0 spiro atoms. The second-order valence-electron chi connectivity index (χ2n) is 4.72. The molecular formula is C12H20N2. The van der Waals surface area contributed by atoms with Crippen LogP contribution in [-0.4, -0.2) is 9.55 Å². The van der Waals surface area contributed by atoms with Crippen LogP contribution in [0.25, 0.3) is 0 Å². The summed E-state index contributed by atoms with van der Waals surface area (Å²) in [5.41, 5.74) is 1.33. The Labute approximate surface area is 86.3 Å². The molecule has 2 rings (SSSR count). The van der Waals surface area contributed by atoms with Gasteiger partial charge in [-0.05, 0) is 19.8 Å². The van der Waals surface area contributed by atoms with Gasteiger partial charge >= 0.3 is 0 Å². The van der Waals surface area contributed by atoms with Crippen molar-refractivity contribution in [1.82, 2.24) is 9.55 Å². The molecule has 0 amide bonds. The predicted molar refractivity (Wildman–Crippen MR) is 58.6 cm³/mol. The number of aromatic nitrogens is 2. The van der Waals surface area contributed by atoms with Crippen LogP contribution in [0.4, 0.5) is 0 Å². The molecule has 14 heavy (non-hydrogen) atoms. The van der Waals surface area contributed by atoms with Crippen molar-refractivity contribution in [2.75, 3.05) is 0 Å². The molecular weight excluding hydrogens is 172 g/mol. The van der Waals surface area contributed by atoms with Gasteiger partial charge in [0.1, 0.15) is 5.82 Å². The molecule has 0 aliphatic heterocycles. The van der Waals surface area contributed by atoms with Crippen molar-refractivity contribution in [3.63, 3.8) is 0 Å². The molecule has 0 aromatic carbocycles. The zero-order chi connectivity index (χ0) is 10.1. The van der Waals surface area contributed by atoms with Gasteiger partial charge < -0.3 is 4.57 Å². The largest absolute Gasteiger partial charge is 0.329 e. The van der Waals surface area contributed by atoms with Gasteiger partial charge in [-0.2, -0.15) is 0 Å². The Hall–Kier alpha value is -0.790. The van der Waals surface area contributed by atoms with Crippen LogP contribution in [0.5, 0.6) is 0 Å². The molecule has 0 bridgehead atoms. The Morgan fingerprint density at radius 3 is 2.57 bits per heavy atom. The van der Waals surface area contributed by atoms with Crippen molar-refractivity contribution in [1.29, 1.82) is 0 Å². The molecule has 1 aromatic rings. The second-order valence-corrected chi connectivity index (χ2v) is 4.72. The maximum absolute atomic E-state index is 4.52. The van der Waals surface area contributed by atoms with Gasteiger partial charge in [0, 0.05) is 23.9 Å². The van der Waals surface area contributed by atoms with Crippen molar-refractivity contribution in [3.8, 4) is 0 Å². The van der Waals surface area contributed by atoms with Gasteiger partial charge in [0.15, 0.2) is 0 Å². The fourth-order valence-corrected chi connectivity index (χ4v) is 2.53. The SMILES string of the molecule is Cc1cnc(C(C)C)n1C1CCCC1. The summed E-state index contributed by atoms with van der Waals surface area (Å²) in [5, 5.41) is 0. The van der Waals surface area contributed by atoms with E-state index in [0.29, 0.717) is 5.92 Å². The van der Waals surface area contributed by atoms with Crippen LogP contribution in [0.1, 0.15) is 63.0 Å². The van der Waals surface area contributed by atoms with E-state index >= 15 is 0 Å². The zero-order valence-electron chi connectivity index (χ0n) is 9.45. The minimum atomic E-state index is 0.546. The van der Waals surface area contributed by atoms with Gasteiger partial charge in [-0.3, -0.25) is 0 Å². The number of nitrogens with zero attached hydrogens (tertiary/aromatic N) is 2. The van der Waals surface area contributed by atoms with E-state index in [1.165, 1.54) is 37.2 Å².